The number of unbranched alkanes of at least 4 members (excludes halogenated alkanes) is 2. The van der Waals surface area contributed by atoms with Crippen LogP contribution >= 0.6 is 24.0 Å². The number of rotatable bonds is 10. The molecule has 0 N–H and O–H groups in total. The number of thiocarbonyl (C=S) groups is 1. The molecule has 0 radical (unpaired) electrons. The Labute approximate surface area is 162 Å². The minimum absolute atomic E-state index is 0.0415. The SMILES string of the molecule is C=CCOc1ccccc1/C=C1\SC(=S)N(CCCCCC(=O)[O-])C1=O. The second kappa shape index (κ2) is 10.1. The molecule has 1 amide bonds. The number of carboxylic acids is 1. The fraction of sp³-hybridized carbons (Fsp3) is 0.316. The second-order valence-corrected chi connectivity index (χ2v) is 7.33. The lowest BCUT2D eigenvalue weighted by molar-refractivity contribution is -0.305. The second-order valence-electron chi connectivity index (χ2n) is 5.65. The number of para-hydroxylation sites is 1. The maximum atomic E-state index is 12.6. The number of aliphatic carboxylic acids is 1. The zero-order valence-electron chi connectivity index (χ0n) is 14.3. The molecule has 1 heterocycles. The van der Waals surface area contributed by atoms with Crippen molar-refractivity contribution in [3.05, 3.63) is 47.4 Å². The number of carbonyl (C=O) groups is 2. The van der Waals surface area contributed by atoms with Crippen LogP contribution in [0.2, 0.25) is 0 Å². The van der Waals surface area contributed by atoms with Crippen molar-refractivity contribution in [1.82, 2.24) is 4.90 Å². The normalized spacial score (nSPS) is 15.5. The highest BCUT2D eigenvalue weighted by atomic mass is 32.2. The highest BCUT2D eigenvalue weighted by Gasteiger charge is 2.31. The average molecular weight is 391 g/mol. The Kier molecular flexibility index (Phi) is 7.87. The monoisotopic (exact) mass is 390 g/mol. The molecular formula is C19H20NO4S2-. The van der Waals surface area contributed by atoms with Crippen molar-refractivity contribution < 1.29 is 19.4 Å². The molecule has 1 aromatic carbocycles. The number of hydrogen-bond acceptors (Lipinski definition) is 6. The van der Waals surface area contributed by atoms with Crippen LogP contribution in [0, 0.1) is 0 Å². The van der Waals surface area contributed by atoms with Crippen molar-refractivity contribution in [3.8, 4) is 5.75 Å². The minimum atomic E-state index is -1.05. The van der Waals surface area contributed by atoms with Crippen LogP contribution in [0.15, 0.2) is 41.8 Å². The summed E-state index contributed by atoms with van der Waals surface area (Å²) in [7, 11) is 0. The Morgan fingerprint density at radius 2 is 2.08 bits per heavy atom. The first kappa shape index (κ1) is 20.2. The molecule has 0 bridgehead atoms. The van der Waals surface area contributed by atoms with Crippen LogP contribution in [0.3, 0.4) is 0 Å². The number of thioether (sulfide) groups is 1. The van der Waals surface area contributed by atoms with Crippen molar-refractivity contribution in [2.24, 2.45) is 0 Å². The van der Waals surface area contributed by atoms with Gasteiger partial charge in [0.1, 0.15) is 16.7 Å². The van der Waals surface area contributed by atoms with Crippen molar-refractivity contribution in [3.63, 3.8) is 0 Å². The number of amides is 1. The zero-order valence-corrected chi connectivity index (χ0v) is 15.9. The Morgan fingerprint density at radius 3 is 2.81 bits per heavy atom. The standard InChI is InChI=1S/C19H21NO4S2/c1-2-12-24-15-9-6-5-8-14(15)13-16-18(23)20(19(25)26-16)11-7-3-4-10-17(21)22/h2,5-6,8-9,13H,1,3-4,7,10-12H2,(H,21,22)/p-1/b16-13-. The molecule has 5 nitrogen and oxygen atoms in total. The lowest BCUT2D eigenvalue weighted by atomic mass is 10.1. The molecule has 0 spiro atoms. The van der Waals surface area contributed by atoms with Gasteiger partial charge in [0, 0.05) is 18.1 Å². The van der Waals surface area contributed by atoms with Crippen LogP contribution in [0.1, 0.15) is 31.2 Å². The highest BCUT2D eigenvalue weighted by Crippen LogP contribution is 2.34. The lowest BCUT2D eigenvalue weighted by Gasteiger charge is -2.14. The predicted octanol–water partition coefficient (Wildman–Crippen LogP) is 2.76. The smallest absolute Gasteiger partial charge is 0.266 e. The zero-order chi connectivity index (χ0) is 18.9. The third kappa shape index (κ3) is 5.71. The highest BCUT2D eigenvalue weighted by molar-refractivity contribution is 8.26. The summed E-state index contributed by atoms with van der Waals surface area (Å²) in [6.45, 7) is 4.51. The Bertz CT molecular complexity index is 730. The summed E-state index contributed by atoms with van der Waals surface area (Å²) in [6.07, 6.45) is 5.44. The van der Waals surface area contributed by atoms with Gasteiger partial charge in [-0.2, -0.15) is 0 Å². The van der Waals surface area contributed by atoms with Gasteiger partial charge in [0.25, 0.3) is 5.91 Å². The number of carboxylic acid groups (broad SMARTS) is 1. The molecule has 1 aromatic rings. The van der Waals surface area contributed by atoms with Crippen LogP contribution in [0.4, 0.5) is 0 Å². The molecule has 0 aliphatic carbocycles. The Hall–Kier alpha value is -2.12. The van der Waals surface area contributed by atoms with E-state index in [1.54, 1.807) is 17.1 Å². The fourth-order valence-electron chi connectivity index (χ4n) is 2.43. The average Bonchev–Trinajstić information content (AvgIpc) is 2.87. The first-order chi connectivity index (χ1) is 12.5. The van der Waals surface area contributed by atoms with Gasteiger partial charge in [0.15, 0.2) is 0 Å². The predicted molar refractivity (Wildman–Crippen MR) is 105 cm³/mol. The van der Waals surface area contributed by atoms with E-state index in [4.69, 9.17) is 17.0 Å². The van der Waals surface area contributed by atoms with E-state index < -0.39 is 5.97 Å². The van der Waals surface area contributed by atoms with Crippen molar-refractivity contribution in [2.75, 3.05) is 13.2 Å². The number of carbonyl (C=O) groups excluding carboxylic acids is 2. The molecule has 1 saturated heterocycles. The van der Waals surface area contributed by atoms with Crippen LogP contribution in [-0.4, -0.2) is 34.2 Å². The van der Waals surface area contributed by atoms with Crippen LogP contribution in [0.25, 0.3) is 6.08 Å². The topological polar surface area (TPSA) is 69.7 Å². The van der Waals surface area contributed by atoms with Gasteiger partial charge in [-0.25, -0.2) is 0 Å². The van der Waals surface area contributed by atoms with Gasteiger partial charge in [0.2, 0.25) is 0 Å². The van der Waals surface area contributed by atoms with Crippen molar-refractivity contribution in [1.29, 1.82) is 0 Å². The first-order valence-electron chi connectivity index (χ1n) is 8.31. The molecule has 1 aliphatic heterocycles. The van der Waals surface area contributed by atoms with Crippen LogP contribution in [0.5, 0.6) is 5.75 Å². The molecule has 0 atom stereocenters. The number of ether oxygens (including phenoxy) is 1. The fourth-order valence-corrected chi connectivity index (χ4v) is 3.73. The van der Waals surface area contributed by atoms with E-state index in [1.807, 2.05) is 24.3 Å². The van der Waals surface area contributed by atoms with E-state index in [9.17, 15) is 14.7 Å². The molecule has 0 saturated carbocycles. The van der Waals surface area contributed by atoms with E-state index in [2.05, 4.69) is 6.58 Å². The van der Waals surface area contributed by atoms with Gasteiger partial charge in [-0.15, -0.1) is 0 Å². The third-order valence-electron chi connectivity index (χ3n) is 3.70. The molecule has 7 heteroatoms. The molecule has 138 valence electrons. The number of nitrogens with zero attached hydrogens (tertiary/aromatic N) is 1. The summed E-state index contributed by atoms with van der Waals surface area (Å²) in [5.74, 6) is -0.491. The number of benzene rings is 1. The minimum Gasteiger partial charge on any atom is -0.550 e. The van der Waals surface area contributed by atoms with E-state index >= 15 is 0 Å². The molecule has 1 fully saturated rings. The summed E-state index contributed by atoms with van der Waals surface area (Å²) in [5.41, 5.74) is 0.809. The number of hydrogen-bond donors (Lipinski definition) is 0. The van der Waals surface area contributed by atoms with Gasteiger partial charge in [-0.3, -0.25) is 9.69 Å². The van der Waals surface area contributed by atoms with Gasteiger partial charge < -0.3 is 14.6 Å². The molecule has 0 aromatic heterocycles. The van der Waals surface area contributed by atoms with Crippen molar-refractivity contribution in [2.45, 2.75) is 25.7 Å². The van der Waals surface area contributed by atoms with E-state index in [0.29, 0.717) is 47.4 Å². The lowest BCUT2D eigenvalue weighted by Crippen LogP contribution is -2.29. The Morgan fingerprint density at radius 1 is 1.31 bits per heavy atom. The molecule has 0 unspecified atom stereocenters. The van der Waals surface area contributed by atoms with Crippen molar-refractivity contribution >= 4 is 46.3 Å². The van der Waals surface area contributed by atoms with Gasteiger partial charge in [-0.05, 0) is 31.4 Å². The molecular weight excluding hydrogens is 370 g/mol. The largest absolute Gasteiger partial charge is 0.550 e. The maximum Gasteiger partial charge on any atom is 0.266 e. The van der Waals surface area contributed by atoms with E-state index in [0.717, 1.165) is 5.56 Å². The van der Waals surface area contributed by atoms with Gasteiger partial charge >= 0.3 is 0 Å². The van der Waals surface area contributed by atoms with Crippen LogP contribution < -0.4 is 9.84 Å². The summed E-state index contributed by atoms with van der Waals surface area (Å²) >= 11 is 6.58. The van der Waals surface area contributed by atoms with E-state index in [-0.39, 0.29) is 12.3 Å². The summed E-state index contributed by atoms with van der Waals surface area (Å²) in [4.78, 5) is 25.1. The quantitative estimate of drug-likeness (QED) is 0.265. The maximum absolute atomic E-state index is 12.6. The van der Waals surface area contributed by atoms with Gasteiger partial charge in [-0.1, -0.05) is 61.3 Å². The van der Waals surface area contributed by atoms with E-state index in [1.165, 1.54) is 11.8 Å². The summed E-state index contributed by atoms with van der Waals surface area (Å²) in [5, 5.41) is 10.4. The molecule has 26 heavy (non-hydrogen) atoms. The summed E-state index contributed by atoms with van der Waals surface area (Å²) < 4.78 is 6.13. The molecule has 2 rings (SSSR count). The first-order valence-corrected chi connectivity index (χ1v) is 9.53. The molecule has 1 aliphatic rings. The van der Waals surface area contributed by atoms with Gasteiger partial charge in [0.05, 0.1) is 4.91 Å². The van der Waals surface area contributed by atoms with Crippen LogP contribution in [-0.2, 0) is 9.59 Å². The summed E-state index contributed by atoms with van der Waals surface area (Å²) in [6, 6.07) is 7.47. The Balaban J connectivity index is 2.00. The third-order valence-corrected chi connectivity index (χ3v) is 5.08.